The maximum atomic E-state index is 12.3. The number of alkyl carbamates (subject to hydrolysis) is 1. The second-order valence-corrected chi connectivity index (χ2v) is 7.99. The predicted molar refractivity (Wildman–Crippen MR) is 96.0 cm³/mol. The zero-order valence-electron chi connectivity index (χ0n) is 16.1. The Bertz CT molecular complexity index is 465. The third-order valence-electron chi connectivity index (χ3n) is 4.01. The van der Waals surface area contributed by atoms with Crippen LogP contribution in [0.25, 0.3) is 0 Å². The smallest absolute Gasteiger partial charge is 0.408 e. The first-order valence-corrected chi connectivity index (χ1v) is 9.15. The molecule has 0 saturated heterocycles. The average Bonchev–Trinajstić information content (AvgIpc) is 2.49. The SMILES string of the molecule is CC(C)C(NC(=O)OC(C)(C)C)C(=O)NCC(=O)NC1CCCCC1. The number of hydrogen-bond donors (Lipinski definition) is 3. The van der Waals surface area contributed by atoms with Crippen molar-refractivity contribution in [2.75, 3.05) is 6.54 Å². The summed E-state index contributed by atoms with van der Waals surface area (Å²) in [5, 5.41) is 8.12. The number of rotatable bonds is 6. The molecule has 144 valence electrons. The molecule has 7 heteroatoms. The summed E-state index contributed by atoms with van der Waals surface area (Å²) in [6.07, 6.45) is 4.82. The highest BCUT2D eigenvalue weighted by Gasteiger charge is 2.27. The topological polar surface area (TPSA) is 96.5 Å². The number of carbonyl (C=O) groups is 3. The molecular formula is C18H33N3O4. The first kappa shape index (κ1) is 21.3. The molecule has 0 bridgehead atoms. The van der Waals surface area contributed by atoms with E-state index in [0.29, 0.717) is 0 Å². The molecule has 1 fully saturated rings. The van der Waals surface area contributed by atoms with Gasteiger partial charge in [-0.25, -0.2) is 4.79 Å². The van der Waals surface area contributed by atoms with Gasteiger partial charge in [0.2, 0.25) is 11.8 Å². The minimum Gasteiger partial charge on any atom is -0.444 e. The Morgan fingerprint density at radius 3 is 2.20 bits per heavy atom. The molecule has 0 aromatic carbocycles. The van der Waals surface area contributed by atoms with Gasteiger partial charge in [-0.15, -0.1) is 0 Å². The van der Waals surface area contributed by atoms with Gasteiger partial charge >= 0.3 is 6.09 Å². The number of amides is 3. The van der Waals surface area contributed by atoms with E-state index in [4.69, 9.17) is 4.74 Å². The summed E-state index contributed by atoms with van der Waals surface area (Å²) < 4.78 is 5.19. The van der Waals surface area contributed by atoms with Crippen LogP contribution >= 0.6 is 0 Å². The van der Waals surface area contributed by atoms with Crippen LogP contribution in [-0.2, 0) is 14.3 Å². The fourth-order valence-corrected chi connectivity index (χ4v) is 2.77. The van der Waals surface area contributed by atoms with Crippen LogP contribution in [0.3, 0.4) is 0 Å². The number of hydrogen-bond acceptors (Lipinski definition) is 4. The predicted octanol–water partition coefficient (Wildman–Crippen LogP) is 2.10. The van der Waals surface area contributed by atoms with E-state index in [2.05, 4.69) is 16.0 Å². The molecule has 0 radical (unpaired) electrons. The quantitative estimate of drug-likeness (QED) is 0.680. The van der Waals surface area contributed by atoms with E-state index in [0.717, 1.165) is 25.7 Å². The van der Waals surface area contributed by atoms with E-state index in [1.165, 1.54) is 6.42 Å². The zero-order valence-corrected chi connectivity index (χ0v) is 16.1. The lowest BCUT2D eigenvalue weighted by Crippen LogP contribution is -2.52. The molecule has 1 atom stereocenters. The molecule has 1 saturated carbocycles. The maximum absolute atomic E-state index is 12.3. The third kappa shape index (κ3) is 8.74. The molecule has 0 aliphatic heterocycles. The molecule has 7 nitrogen and oxygen atoms in total. The molecule has 3 N–H and O–H groups in total. The van der Waals surface area contributed by atoms with E-state index in [9.17, 15) is 14.4 Å². The highest BCUT2D eigenvalue weighted by Crippen LogP contribution is 2.17. The molecular weight excluding hydrogens is 322 g/mol. The second-order valence-electron chi connectivity index (χ2n) is 7.99. The van der Waals surface area contributed by atoms with Gasteiger partial charge in [0.15, 0.2) is 0 Å². The Hall–Kier alpha value is -1.79. The lowest BCUT2D eigenvalue weighted by molar-refractivity contribution is -0.128. The summed E-state index contributed by atoms with van der Waals surface area (Å²) in [5.41, 5.74) is -0.637. The van der Waals surface area contributed by atoms with Crippen LogP contribution in [0.15, 0.2) is 0 Å². The van der Waals surface area contributed by atoms with E-state index >= 15 is 0 Å². The number of nitrogens with one attached hydrogen (secondary N) is 3. The minimum absolute atomic E-state index is 0.0887. The normalized spacial score (nSPS) is 16.9. The molecule has 0 aromatic rings. The third-order valence-corrected chi connectivity index (χ3v) is 4.01. The van der Waals surface area contributed by atoms with Gasteiger partial charge in [0.05, 0.1) is 6.54 Å². The van der Waals surface area contributed by atoms with Gasteiger partial charge in [0, 0.05) is 6.04 Å². The highest BCUT2D eigenvalue weighted by atomic mass is 16.6. The van der Waals surface area contributed by atoms with Crippen LogP contribution in [0.5, 0.6) is 0 Å². The van der Waals surface area contributed by atoms with Gasteiger partial charge in [0.1, 0.15) is 11.6 Å². The minimum atomic E-state index is -0.752. The van der Waals surface area contributed by atoms with Gasteiger partial charge < -0.3 is 20.7 Å². The first-order chi connectivity index (χ1) is 11.6. The number of carbonyl (C=O) groups excluding carboxylic acids is 3. The first-order valence-electron chi connectivity index (χ1n) is 9.15. The summed E-state index contributed by atoms with van der Waals surface area (Å²) in [6, 6.07) is -0.545. The van der Waals surface area contributed by atoms with Crippen molar-refractivity contribution in [1.29, 1.82) is 0 Å². The van der Waals surface area contributed by atoms with Crippen LogP contribution < -0.4 is 16.0 Å². The highest BCUT2D eigenvalue weighted by molar-refractivity contribution is 5.89. The fraction of sp³-hybridized carbons (Fsp3) is 0.833. The molecule has 0 heterocycles. The molecule has 25 heavy (non-hydrogen) atoms. The van der Waals surface area contributed by atoms with Crippen molar-refractivity contribution in [2.24, 2.45) is 5.92 Å². The molecule has 3 amide bonds. The fourth-order valence-electron chi connectivity index (χ4n) is 2.77. The van der Waals surface area contributed by atoms with Crippen molar-refractivity contribution >= 4 is 17.9 Å². The average molecular weight is 355 g/mol. The Morgan fingerprint density at radius 2 is 1.68 bits per heavy atom. The van der Waals surface area contributed by atoms with Gasteiger partial charge in [-0.3, -0.25) is 9.59 Å². The zero-order chi connectivity index (χ0) is 19.0. The summed E-state index contributed by atoms with van der Waals surface area (Å²) in [6.45, 7) is 8.83. The van der Waals surface area contributed by atoms with Crippen LogP contribution in [-0.4, -0.2) is 42.1 Å². The van der Waals surface area contributed by atoms with Crippen molar-refractivity contribution in [1.82, 2.24) is 16.0 Å². The van der Waals surface area contributed by atoms with E-state index in [-0.39, 0.29) is 30.3 Å². The van der Waals surface area contributed by atoms with Crippen molar-refractivity contribution in [3.8, 4) is 0 Å². The standard InChI is InChI=1S/C18H33N3O4/c1-12(2)15(21-17(24)25-18(3,4)5)16(23)19-11-14(22)20-13-9-7-6-8-10-13/h12-13,15H,6-11H2,1-5H3,(H,19,23)(H,20,22)(H,21,24). The van der Waals surface area contributed by atoms with Crippen molar-refractivity contribution in [3.63, 3.8) is 0 Å². The lowest BCUT2D eigenvalue weighted by Gasteiger charge is -2.25. The van der Waals surface area contributed by atoms with Crippen LogP contribution in [0.4, 0.5) is 4.79 Å². The van der Waals surface area contributed by atoms with Crippen LogP contribution in [0.2, 0.25) is 0 Å². The largest absolute Gasteiger partial charge is 0.444 e. The summed E-state index contributed by atoms with van der Waals surface area (Å²) >= 11 is 0. The van der Waals surface area contributed by atoms with Gasteiger partial charge in [0.25, 0.3) is 0 Å². The molecule has 1 aliphatic carbocycles. The summed E-state index contributed by atoms with van der Waals surface area (Å²) in [5.74, 6) is -0.714. The van der Waals surface area contributed by atoms with Gasteiger partial charge in [-0.05, 0) is 39.5 Å². The van der Waals surface area contributed by atoms with Crippen molar-refractivity contribution < 1.29 is 19.1 Å². The van der Waals surface area contributed by atoms with Gasteiger partial charge in [-0.1, -0.05) is 33.1 Å². The van der Waals surface area contributed by atoms with E-state index < -0.39 is 17.7 Å². The molecule has 0 aromatic heterocycles. The second kappa shape index (κ2) is 9.63. The van der Waals surface area contributed by atoms with Crippen molar-refractivity contribution in [2.45, 2.75) is 84.4 Å². The Balaban J connectivity index is 2.44. The summed E-state index contributed by atoms with van der Waals surface area (Å²) in [7, 11) is 0. The Morgan fingerprint density at radius 1 is 1.08 bits per heavy atom. The van der Waals surface area contributed by atoms with Crippen molar-refractivity contribution in [3.05, 3.63) is 0 Å². The van der Waals surface area contributed by atoms with Crippen LogP contribution in [0, 0.1) is 5.92 Å². The van der Waals surface area contributed by atoms with Crippen LogP contribution in [0.1, 0.15) is 66.7 Å². The Kier molecular flexibility index (Phi) is 8.19. The molecule has 1 rings (SSSR count). The summed E-state index contributed by atoms with van der Waals surface area (Å²) in [4.78, 5) is 36.2. The maximum Gasteiger partial charge on any atom is 0.408 e. The van der Waals surface area contributed by atoms with E-state index in [1.54, 1.807) is 20.8 Å². The lowest BCUT2D eigenvalue weighted by atomic mass is 9.95. The van der Waals surface area contributed by atoms with E-state index in [1.807, 2.05) is 13.8 Å². The molecule has 1 unspecified atom stereocenters. The molecule has 0 spiro atoms. The molecule has 1 aliphatic rings. The number of ether oxygens (including phenoxy) is 1. The Labute approximate surface area is 150 Å². The van der Waals surface area contributed by atoms with Gasteiger partial charge in [-0.2, -0.15) is 0 Å². The monoisotopic (exact) mass is 355 g/mol.